The van der Waals surface area contributed by atoms with Gasteiger partial charge in [0, 0.05) is 45.0 Å². The fourth-order valence-electron chi connectivity index (χ4n) is 2.87. The number of aromatic nitrogens is 2. The van der Waals surface area contributed by atoms with E-state index in [0.717, 1.165) is 45.1 Å². The van der Waals surface area contributed by atoms with Crippen LogP contribution in [0.5, 0.6) is 5.88 Å². The van der Waals surface area contributed by atoms with E-state index >= 15 is 0 Å². The SMILES string of the molecule is COc1ccnc(N2CCCN(Cc3ccc(C#N)cc3)CC2)n1. The summed E-state index contributed by atoms with van der Waals surface area (Å²) in [6.07, 6.45) is 2.80. The molecule has 2 aromatic rings. The first-order valence-electron chi connectivity index (χ1n) is 8.12. The standard InChI is InChI=1S/C18H21N5O/c1-24-17-7-8-20-18(21-17)23-10-2-9-22(11-12-23)14-16-5-3-15(13-19)4-6-16/h3-8H,2,9-12,14H2,1H3. The van der Waals surface area contributed by atoms with E-state index in [4.69, 9.17) is 10.00 Å². The normalized spacial score (nSPS) is 15.6. The molecule has 1 aromatic heterocycles. The van der Waals surface area contributed by atoms with Gasteiger partial charge in [-0.25, -0.2) is 4.98 Å². The van der Waals surface area contributed by atoms with Crippen molar-refractivity contribution in [1.82, 2.24) is 14.9 Å². The topological polar surface area (TPSA) is 65.3 Å². The van der Waals surface area contributed by atoms with E-state index in [-0.39, 0.29) is 0 Å². The summed E-state index contributed by atoms with van der Waals surface area (Å²) in [7, 11) is 1.62. The fraction of sp³-hybridized carbons (Fsp3) is 0.389. The molecule has 0 N–H and O–H groups in total. The third-order valence-electron chi connectivity index (χ3n) is 4.19. The Labute approximate surface area is 142 Å². The van der Waals surface area contributed by atoms with Crippen molar-refractivity contribution in [3.05, 3.63) is 47.7 Å². The van der Waals surface area contributed by atoms with Crippen molar-refractivity contribution >= 4 is 5.95 Å². The second-order valence-electron chi connectivity index (χ2n) is 5.82. The van der Waals surface area contributed by atoms with E-state index in [1.165, 1.54) is 5.56 Å². The quantitative estimate of drug-likeness (QED) is 0.858. The lowest BCUT2D eigenvalue weighted by Gasteiger charge is -2.22. The fourth-order valence-corrected chi connectivity index (χ4v) is 2.87. The average molecular weight is 323 g/mol. The van der Waals surface area contributed by atoms with Crippen LogP contribution in [0.3, 0.4) is 0 Å². The van der Waals surface area contributed by atoms with Crippen molar-refractivity contribution in [2.75, 3.05) is 38.2 Å². The molecule has 0 spiro atoms. The molecule has 0 unspecified atom stereocenters. The summed E-state index contributed by atoms with van der Waals surface area (Å²) in [6.45, 7) is 4.74. The van der Waals surface area contributed by atoms with E-state index in [1.54, 1.807) is 19.4 Å². The molecular weight excluding hydrogens is 302 g/mol. The number of benzene rings is 1. The Morgan fingerprint density at radius 2 is 1.96 bits per heavy atom. The molecule has 124 valence electrons. The van der Waals surface area contributed by atoms with Crippen LogP contribution in [0.15, 0.2) is 36.5 Å². The summed E-state index contributed by atoms with van der Waals surface area (Å²) in [4.78, 5) is 13.4. The van der Waals surface area contributed by atoms with Crippen LogP contribution in [0.25, 0.3) is 0 Å². The van der Waals surface area contributed by atoms with E-state index in [1.807, 2.05) is 24.3 Å². The van der Waals surface area contributed by atoms with Gasteiger partial charge in [0.1, 0.15) is 0 Å². The molecule has 6 nitrogen and oxygen atoms in total. The third kappa shape index (κ3) is 4.00. The third-order valence-corrected chi connectivity index (χ3v) is 4.19. The summed E-state index contributed by atoms with van der Waals surface area (Å²) >= 11 is 0. The molecule has 6 heteroatoms. The number of rotatable bonds is 4. The Morgan fingerprint density at radius 1 is 1.12 bits per heavy atom. The maximum absolute atomic E-state index is 8.88. The van der Waals surface area contributed by atoms with Crippen LogP contribution < -0.4 is 9.64 Å². The minimum absolute atomic E-state index is 0.596. The summed E-state index contributed by atoms with van der Waals surface area (Å²) in [5, 5.41) is 8.88. The number of nitriles is 1. The van der Waals surface area contributed by atoms with Gasteiger partial charge in [0.2, 0.25) is 11.8 Å². The highest BCUT2D eigenvalue weighted by molar-refractivity contribution is 5.33. The molecule has 0 aliphatic carbocycles. The number of nitrogens with zero attached hydrogens (tertiary/aromatic N) is 5. The van der Waals surface area contributed by atoms with Crippen LogP contribution in [0.4, 0.5) is 5.95 Å². The first-order chi connectivity index (χ1) is 11.8. The molecule has 0 amide bonds. The Balaban J connectivity index is 1.61. The summed E-state index contributed by atoms with van der Waals surface area (Å²) in [5.41, 5.74) is 1.94. The number of hydrogen-bond acceptors (Lipinski definition) is 6. The smallest absolute Gasteiger partial charge is 0.228 e. The van der Waals surface area contributed by atoms with Gasteiger partial charge in [-0.2, -0.15) is 10.2 Å². The molecule has 0 atom stereocenters. The predicted octanol–water partition coefficient (Wildman–Crippen LogP) is 2.07. The monoisotopic (exact) mass is 323 g/mol. The molecule has 2 heterocycles. The highest BCUT2D eigenvalue weighted by atomic mass is 16.5. The number of anilines is 1. The lowest BCUT2D eigenvalue weighted by Crippen LogP contribution is -2.31. The van der Waals surface area contributed by atoms with Gasteiger partial charge < -0.3 is 9.64 Å². The van der Waals surface area contributed by atoms with E-state index in [0.29, 0.717) is 11.4 Å². The van der Waals surface area contributed by atoms with Crippen LogP contribution in [0, 0.1) is 11.3 Å². The molecule has 0 bridgehead atoms. The van der Waals surface area contributed by atoms with Gasteiger partial charge in [0.15, 0.2) is 0 Å². The lowest BCUT2D eigenvalue weighted by molar-refractivity contribution is 0.285. The number of ether oxygens (including phenoxy) is 1. The first-order valence-corrected chi connectivity index (χ1v) is 8.12. The van der Waals surface area contributed by atoms with Crippen molar-refractivity contribution in [3.63, 3.8) is 0 Å². The second-order valence-corrected chi connectivity index (χ2v) is 5.82. The van der Waals surface area contributed by atoms with Crippen molar-refractivity contribution in [1.29, 1.82) is 5.26 Å². The van der Waals surface area contributed by atoms with Crippen LogP contribution in [0.1, 0.15) is 17.5 Å². The molecular formula is C18H21N5O. The number of methoxy groups -OCH3 is 1. The largest absolute Gasteiger partial charge is 0.481 e. The Hall–Kier alpha value is -2.65. The molecule has 24 heavy (non-hydrogen) atoms. The van der Waals surface area contributed by atoms with Gasteiger partial charge in [-0.1, -0.05) is 12.1 Å². The predicted molar refractivity (Wildman–Crippen MR) is 91.8 cm³/mol. The van der Waals surface area contributed by atoms with Gasteiger partial charge in [-0.05, 0) is 24.1 Å². The molecule has 1 saturated heterocycles. The van der Waals surface area contributed by atoms with Crippen molar-refractivity contribution in [2.24, 2.45) is 0 Å². The van der Waals surface area contributed by atoms with Crippen LogP contribution in [0.2, 0.25) is 0 Å². The van der Waals surface area contributed by atoms with Gasteiger partial charge in [-0.3, -0.25) is 4.90 Å². The van der Waals surface area contributed by atoms with E-state index < -0.39 is 0 Å². The molecule has 1 aliphatic heterocycles. The van der Waals surface area contributed by atoms with Crippen LogP contribution in [-0.2, 0) is 6.54 Å². The van der Waals surface area contributed by atoms with Gasteiger partial charge >= 0.3 is 0 Å². The van der Waals surface area contributed by atoms with E-state index in [9.17, 15) is 0 Å². The highest BCUT2D eigenvalue weighted by Crippen LogP contribution is 2.16. The zero-order valence-corrected chi connectivity index (χ0v) is 13.9. The molecule has 3 rings (SSSR count). The Kier molecular flexibility index (Phi) is 5.24. The highest BCUT2D eigenvalue weighted by Gasteiger charge is 2.17. The summed E-state index contributed by atoms with van der Waals surface area (Å²) in [5.74, 6) is 1.33. The van der Waals surface area contributed by atoms with Gasteiger partial charge in [0.25, 0.3) is 0 Å². The Morgan fingerprint density at radius 3 is 2.71 bits per heavy atom. The van der Waals surface area contributed by atoms with Gasteiger partial charge in [0.05, 0.1) is 18.7 Å². The minimum Gasteiger partial charge on any atom is -0.481 e. The Bertz CT molecular complexity index is 710. The molecule has 0 radical (unpaired) electrons. The van der Waals surface area contributed by atoms with E-state index in [2.05, 4.69) is 25.8 Å². The summed E-state index contributed by atoms with van der Waals surface area (Å²) in [6, 6.07) is 11.7. The maximum atomic E-state index is 8.88. The van der Waals surface area contributed by atoms with Crippen LogP contribution in [-0.4, -0.2) is 48.2 Å². The first kappa shape index (κ1) is 16.2. The molecule has 1 fully saturated rings. The zero-order chi connectivity index (χ0) is 16.8. The maximum Gasteiger partial charge on any atom is 0.228 e. The van der Waals surface area contributed by atoms with Crippen molar-refractivity contribution in [3.8, 4) is 11.9 Å². The number of hydrogen-bond donors (Lipinski definition) is 0. The summed E-state index contributed by atoms with van der Waals surface area (Å²) < 4.78 is 5.18. The minimum atomic E-state index is 0.596. The van der Waals surface area contributed by atoms with Gasteiger partial charge in [-0.15, -0.1) is 0 Å². The second kappa shape index (κ2) is 7.75. The molecule has 0 saturated carbocycles. The lowest BCUT2D eigenvalue weighted by atomic mass is 10.1. The van der Waals surface area contributed by atoms with Crippen LogP contribution >= 0.6 is 0 Å². The molecule has 1 aromatic carbocycles. The van der Waals surface area contributed by atoms with Crippen molar-refractivity contribution in [2.45, 2.75) is 13.0 Å². The average Bonchev–Trinajstić information content (AvgIpc) is 2.88. The van der Waals surface area contributed by atoms with Crippen molar-refractivity contribution < 1.29 is 4.74 Å². The molecule has 1 aliphatic rings. The zero-order valence-electron chi connectivity index (χ0n) is 13.9.